The fraction of sp³-hybridized carbons (Fsp3) is 0.304. The van der Waals surface area contributed by atoms with E-state index >= 15 is 0 Å². The zero-order valence-corrected chi connectivity index (χ0v) is 20.6. The summed E-state index contributed by atoms with van der Waals surface area (Å²) in [6, 6.07) is 11.1. The Morgan fingerprint density at radius 1 is 1.23 bits per heavy atom. The van der Waals surface area contributed by atoms with Crippen LogP contribution in [0.25, 0.3) is 0 Å². The van der Waals surface area contributed by atoms with Gasteiger partial charge in [-0.1, -0.05) is 29.5 Å². The fourth-order valence-electron chi connectivity index (χ4n) is 3.37. The van der Waals surface area contributed by atoms with Crippen LogP contribution < -0.4 is 15.4 Å². The molecule has 0 bridgehead atoms. The number of benzene rings is 2. The number of carbonyl (C=O) groups excluding carboxylic acids is 2. The molecule has 35 heavy (non-hydrogen) atoms. The van der Waals surface area contributed by atoms with E-state index in [1.54, 1.807) is 12.1 Å². The van der Waals surface area contributed by atoms with E-state index in [9.17, 15) is 19.7 Å². The minimum atomic E-state index is -0.586. The van der Waals surface area contributed by atoms with Crippen LogP contribution >= 0.6 is 11.8 Å². The summed E-state index contributed by atoms with van der Waals surface area (Å²) in [7, 11) is 1.40. The number of ether oxygens (including phenoxy) is 1. The highest BCUT2D eigenvalue weighted by Crippen LogP contribution is 2.29. The van der Waals surface area contributed by atoms with Crippen LogP contribution in [0.2, 0.25) is 0 Å². The third-order valence-corrected chi connectivity index (χ3v) is 6.05. The number of hydrogen-bond donors (Lipinski definition) is 2. The summed E-state index contributed by atoms with van der Waals surface area (Å²) in [5.74, 6) is 0.182. The van der Waals surface area contributed by atoms with E-state index in [2.05, 4.69) is 20.8 Å². The molecule has 0 fully saturated rings. The molecule has 1 heterocycles. The molecular formula is C23H26N6O5S. The molecule has 12 heteroatoms. The van der Waals surface area contributed by atoms with Crippen molar-refractivity contribution in [2.24, 2.45) is 0 Å². The molecule has 2 N–H and O–H groups in total. The molecule has 2 aromatic carbocycles. The van der Waals surface area contributed by atoms with Crippen molar-refractivity contribution in [3.05, 3.63) is 69.5 Å². The average Bonchev–Trinajstić information content (AvgIpc) is 3.26. The molecule has 11 nitrogen and oxygen atoms in total. The molecule has 184 valence electrons. The second-order valence-electron chi connectivity index (χ2n) is 7.63. The zero-order valence-electron chi connectivity index (χ0n) is 19.8. The Balaban J connectivity index is 1.66. The van der Waals surface area contributed by atoms with Gasteiger partial charge in [-0.2, -0.15) is 0 Å². The van der Waals surface area contributed by atoms with Crippen molar-refractivity contribution >= 4 is 35.0 Å². The first-order valence-electron chi connectivity index (χ1n) is 10.8. The van der Waals surface area contributed by atoms with Crippen LogP contribution in [0.15, 0.2) is 47.6 Å². The number of rotatable bonds is 10. The van der Waals surface area contributed by atoms with Crippen LogP contribution in [0, 0.1) is 17.0 Å². The second kappa shape index (κ2) is 11.5. The molecule has 0 saturated heterocycles. The first-order chi connectivity index (χ1) is 16.7. The Hall–Kier alpha value is -3.93. The van der Waals surface area contributed by atoms with E-state index < -0.39 is 16.9 Å². The molecule has 0 saturated carbocycles. The van der Waals surface area contributed by atoms with Crippen LogP contribution in [-0.4, -0.2) is 44.4 Å². The molecule has 0 unspecified atom stereocenters. The number of thioether (sulfide) groups is 1. The number of anilines is 1. The molecular weight excluding hydrogens is 472 g/mol. The highest BCUT2D eigenvalue weighted by molar-refractivity contribution is 7.99. The molecule has 1 aromatic heterocycles. The lowest BCUT2D eigenvalue weighted by molar-refractivity contribution is -0.384. The number of amides is 2. The molecule has 3 rings (SSSR count). The van der Waals surface area contributed by atoms with Crippen LogP contribution in [0.5, 0.6) is 5.75 Å². The van der Waals surface area contributed by atoms with Gasteiger partial charge in [-0.3, -0.25) is 19.7 Å². The fourth-order valence-corrected chi connectivity index (χ4v) is 4.18. The van der Waals surface area contributed by atoms with Gasteiger partial charge in [0.15, 0.2) is 11.0 Å². The van der Waals surface area contributed by atoms with Gasteiger partial charge in [-0.25, -0.2) is 0 Å². The van der Waals surface area contributed by atoms with Gasteiger partial charge < -0.3 is 19.9 Å². The maximum absolute atomic E-state index is 12.6. The van der Waals surface area contributed by atoms with E-state index in [-0.39, 0.29) is 23.0 Å². The van der Waals surface area contributed by atoms with Gasteiger partial charge in [-0.05, 0) is 45.0 Å². The summed E-state index contributed by atoms with van der Waals surface area (Å²) in [4.78, 5) is 35.8. The van der Waals surface area contributed by atoms with E-state index in [0.717, 1.165) is 17.3 Å². The number of hydrogen-bond acceptors (Lipinski definition) is 8. The largest absolute Gasteiger partial charge is 0.496 e. The van der Waals surface area contributed by atoms with Crippen LogP contribution in [0.4, 0.5) is 11.4 Å². The van der Waals surface area contributed by atoms with Gasteiger partial charge in [0.25, 0.3) is 11.6 Å². The smallest absolute Gasteiger partial charge is 0.296 e. The lowest BCUT2D eigenvalue weighted by atomic mass is 10.1. The first kappa shape index (κ1) is 25.7. The highest BCUT2D eigenvalue weighted by atomic mass is 32.2. The molecule has 3 aromatic rings. The topological polar surface area (TPSA) is 141 Å². The monoisotopic (exact) mass is 498 g/mol. The normalized spacial score (nSPS) is 11.5. The molecule has 2 amide bonds. The van der Waals surface area contributed by atoms with Crippen molar-refractivity contribution in [1.82, 2.24) is 20.1 Å². The Morgan fingerprint density at radius 3 is 2.66 bits per heavy atom. The predicted molar refractivity (Wildman–Crippen MR) is 132 cm³/mol. The summed E-state index contributed by atoms with van der Waals surface area (Å²) in [6.45, 7) is 6.17. The van der Waals surface area contributed by atoms with E-state index in [0.29, 0.717) is 28.8 Å². The van der Waals surface area contributed by atoms with Crippen molar-refractivity contribution in [3.63, 3.8) is 0 Å². The third-order valence-electron chi connectivity index (χ3n) is 5.08. The molecule has 0 radical (unpaired) electrons. The SMILES string of the molecule is CCn1c(SCC(=O)Nc2ccc(OC)cc2[N+](=O)[O-])nnc1[C@@H](C)NC(=O)c1cccc(C)c1. The van der Waals surface area contributed by atoms with Gasteiger partial charge in [0.2, 0.25) is 5.91 Å². The number of methoxy groups -OCH3 is 1. The number of carbonyl (C=O) groups is 2. The van der Waals surface area contributed by atoms with E-state index in [4.69, 9.17) is 4.74 Å². The van der Waals surface area contributed by atoms with Crippen LogP contribution in [-0.2, 0) is 11.3 Å². The Labute approximate surface area is 206 Å². The third kappa shape index (κ3) is 6.35. The van der Waals surface area contributed by atoms with Gasteiger partial charge in [0.05, 0.1) is 29.9 Å². The summed E-state index contributed by atoms with van der Waals surface area (Å²) in [5.41, 5.74) is 1.35. The lowest BCUT2D eigenvalue weighted by Gasteiger charge is -2.15. The molecule has 1 atom stereocenters. The van der Waals surface area contributed by atoms with Crippen molar-refractivity contribution in [1.29, 1.82) is 0 Å². The zero-order chi connectivity index (χ0) is 25.5. The van der Waals surface area contributed by atoms with Crippen molar-refractivity contribution < 1.29 is 19.2 Å². The summed E-state index contributed by atoms with van der Waals surface area (Å²) >= 11 is 1.15. The Kier molecular flexibility index (Phi) is 8.42. The Morgan fingerprint density at radius 2 is 2.00 bits per heavy atom. The van der Waals surface area contributed by atoms with Crippen molar-refractivity contribution in [2.75, 3.05) is 18.2 Å². The van der Waals surface area contributed by atoms with E-state index in [1.165, 1.54) is 25.3 Å². The number of aromatic nitrogens is 3. The molecule has 0 aliphatic heterocycles. The molecule has 0 spiro atoms. The average molecular weight is 499 g/mol. The summed E-state index contributed by atoms with van der Waals surface area (Å²) in [5, 5.41) is 25.7. The summed E-state index contributed by atoms with van der Waals surface area (Å²) in [6.07, 6.45) is 0. The minimum Gasteiger partial charge on any atom is -0.496 e. The number of nitro groups is 1. The molecule has 0 aliphatic carbocycles. The maximum atomic E-state index is 12.6. The van der Waals surface area contributed by atoms with Crippen molar-refractivity contribution in [3.8, 4) is 5.75 Å². The van der Waals surface area contributed by atoms with E-state index in [1.807, 2.05) is 37.5 Å². The summed E-state index contributed by atoms with van der Waals surface area (Å²) < 4.78 is 6.82. The van der Waals surface area contributed by atoms with Gasteiger partial charge >= 0.3 is 0 Å². The first-order valence-corrected chi connectivity index (χ1v) is 11.8. The number of aryl methyl sites for hydroxylation is 1. The maximum Gasteiger partial charge on any atom is 0.296 e. The van der Waals surface area contributed by atoms with Gasteiger partial charge in [-0.15, -0.1) is 10.2 Å². The molecule has 0 aliphatic rings. The quantitative estimate of drug-likeness (QED) is 0.245. The van der Waals surface area contributed by atoms with Gasteiger partial charge in [0.1, 0.15) is 11.4 Å². The number of nitrogens with zero attached hydrogens (tertiary/aromatic N) is 4. The van der Waals surface area contributed by atoms with Gasteiger partial charge in [0, 0.05) is 12.1 Å². The van der Waals surface area contributed by atoms with Crippen molar-refractivity contribution in [2.45, 2.75) is 38.5 Å². The predicted octanol–water partition coefficient (Wildman–Crippen LogP) is 3.75. The van der Waals surface area contributed by atoms with Crippen LogP contribution in [0.3, 0.4) is 0 Å². The second-order valence-corrected chi connectivity index (χ2v) is 8.57. The lowest BCUT2D eigenvalue weighted by Crippen LogP contribution is -2.28. The number of nitrogens with one attached hydrogen (secondary N) is 2. The highest BCUT2D eigenvalue weighted by Gasteiger charge is 2.21. The Bertz CT molecular complexity index is 1240. The number of nitro benzene ring substituents is 1. The standard InChI is InChI=1S/C23H26N6O5S/c1-5-28-21(15(3)24-22(31)16-8-6-7-14(2)11-16)26-27-23(28)35-13-20(30)25-18-10-9-17(34-4)12-19(18)29(32)33/h6-12,15H,5,13H2,1-4H3,(H,24,31)(H,25,30)/t15-/m1/s1. The minimum absolute atomic E-state index is 0.0364. The van der Waals surface area contributed by atoms with Crippen LogP contribution in [0.1, 0.15) is 41.6 Å².